The number of imidazole rings is 1. The van der Waals surface area contributed by atoms with Crippen molar-refractivity contribution in [3.05, 3.63) is 30.1 Å². The van der Waals surface area contributed by atoms with Crippen LogP contribution in [0.15, 0.2) is 24.3 Å². The van der Waals surface area contributed by atoms with Crippen LogP contribution in [0.2, 0.25) is 0 Å². The standard InChI is InChI=1S/C11H11N3O/c15-8-13-5-6-14-10-4-2-1-3-9(10)12-11(14)7-13/h1-4,8H,5-7H2. The molecule has 2 heterocycles. The van der Waals surface area contributed by atoms with Crippen LogP contribution in [-0.4, -0.2) is 27.4 Å². The van der Waals surface area contributed by atoms with E-state index >= 15 is 0 Å². The Morgan fingerprint density at radius 3 is 3.00 bits per heavy atom. The second-order valence-electron chi connectivity index (χ2n) is 3.74. The number of amides is 1. The Bertz CT molecular complexity index is 518. The van der Waals surface area contributed by atoms with Gasteiger partial charge >= 0.3 is 0 Å². The maximum Gasteiger partial charge on any atom is 0.210 e. The van der Waals surface area contributed by atoms with Crippen molar-refractivity contribution in [2.45, 2.75) is 13.1 Å². The van der Waals surface area contributed by atoms with Gasteiger partial charge in [0.1, 0.15) is 5.82 Å². The molecule has 1 aliphatic rings. The van der Waals surface area contributed by atoms with E-state index in [-0.39, 0.29) is 0 Å². The van der Waals surface area contributed by atoms with Gasteiger partial charge in [0.2, 0.25) is 6.41 Å². The molecule has 1 aliphatic heterocycles. The molecule has 1 aromatic carbocycles. The zero-order valence-electron chi connectivity index (χ0n) is 8.26. The Balaban J connectivity index is 2.16. The summed E-state index contributed by atoms with van der Waals surface area (Å²) in [6.45, 7) is 2.24. The summed E-state index contributed by atoms with van der Waals surface area (Å²) in [4.78, 5) is 16.9. The zero-order valence-corrected chi connectivity index (χ0v) is 8.26. The number of para-hydroxylation sites is 2. The van der Waals surface area contributed by atoms with Gasteiger partial charge in [-0.15, -0.1) is 0 Å². The first-order valence-electron chi connectivity index (χ1n) is 5.02. The molecule has 0 aliphatic carbocycles. The van der Waals surface area contributed by atoms with Crippen molar-refractivity contribution in [2.24, 2.45) is 0 Å². The molecule has 0 saturated carbocycles. The van der Waals surface area contributed by atoms with Gasteiger partial charge in [0, 0.05) is 13.1 Å². The highest BCUT2D eigenvalue weighted by Crippen LogP contribution is 2.19. The third-order valence-electron chi connectivity index (χ3n) is 2.84. The van der Waals surface area contributed by atoms with E-state index < -0.39 is 0 Å². The van der Waals surface area contributed by atoms with Gasteiger partial charge in [0.05, 0.1) is 17.6 Å². The fraction of sp³-hybridized carbons (Fsp3) is 0.273. The van der Waals surface area contributed by atoms with Crippen LogP contribution in [0.5, 0.6) is 0 Å². The van der Waals surface area contributed by atoms with Crippen molar-refractivity contribution in [3.63, 3.8) is 0 Å². The lowest BCUT2D eigenvalue weighted by molar-refractivity contribution is -0.119. The zero-order chi connectivity index (χ0) is 10.3. The highest BCUT2D eigenvalue weighted by Gasteiger charge is 2.17. The topological polar surface area (TPSA) is 38.1 Å². The second kappa shape index (κ2) is 3.08. The Kier molecular flexibility index (Phi) is 1.74. The summed E-state index contributed by atoms with van der Waals surface area (Å²) in [5.74, 6) is 0.981. The number of rotatable bonds is 1. The summed E-state index contributed by atoms with van der Waals surface area (Å²) in [6, 6.07) is 8.08. The van der Waals surface area contributed by atoms with Gasteiger partial charge in [0.25, 0.3) is 0 Å². The first kappa shape index (κ1) is 8.47. The molecule has 0 radical (unpaired) electrons. The Hall–Kier alpha value is -1.84. The predicted octanol–water partition coefficient (Wildman–Crippen LogP) is 1.01. The number of nitrogens with zero attached hydrogens (tertiary/aromatic N) is 3. The minimum atomic E-state index is 0.623. The average molecular weight is 201 g/mol. The van der Waals surface area contributed by atoms with E-state index in [1.54, 1.807) is 4.90 Å². The maximum atomic E-state index is 10.7. The molecule has 0 spiro atoms. The van der Waals surface area contributed by atoms with Crippen LogP contribution in [0.1, 0.15) is 5.82 Å². The van der Waals surface area contributed by atoms with E-state index in [9.17, 15) is 4.79 Å². The smallest absolute Gasteiger partial charge is 0.210 e. The van der Waals surface area contributed by atoms with Gasteiger partial charge in [-0.2, -0.15) is 0 Å². The Labute approximate surface area is 87.1 Å². The van der Waals surface area contributed by atoms with Gasteiger partial charge in [-0.3, -0.25) is 4.79 Å². The molecule has 76 valence electrons. The number of hydrogen-bond acceptors (Lipinski definition) is 2. The fourth-order valence-electron chi connectivity index (χ4n) is 2.07. The molecule has 0 atom stereocenters. The minimum absolute atomic E-state index is 0.623. The van der Waals surface area contributed by atoms with Crippen LogP contribution >= 0.6 is 0 Å². The molecule has 4 heteroatoms. The maximum absolute atomic E-state index is 10.7. The number of carbonyl (C=O) groups is 1. The molecule has 15 heavy (non-hydrogen) atoms. The molecule has 1 amide bonds. The van der Waals surface area contributed by atoms with Crippen LogP contribution in [0.3, 0.4) is 0 Å². The molecule has 0 saturated heterocycles. The first-order valence-corrected chi connectivity index (χ1v) is 5.02. The summed E-state index contributed by atoms with van der Waals surface area (Å²) < 4.78 is 2.19. The fourth-order valence-corrected chi connectivity index (χ4v) is 2.07. The summed E-state index contributed by atoms with van der Waals surface area (Å²) in [5, 5.41) is 0. The van der Waals surface area contributed by atoms with Crippen molar-refractivity contribution in [1.82, 2.24) is 14.5 Å². The summed E-state index contributed by atoms with van der Waals surface area (Å²) in [5.41, 5.74) is 2.18. The van der Waals surface area contributed by atoms with Gasteiger partial charge in [0.15, 0.2) is 0 Å². The van der Waals surface area contributed by atoms with E-state index in [0.29, 0.717) is 6.54 Å². The molecule has 2 aromatic rings. The van der Waals surface area contributed by atoms with E-state index in [1.165, 1.54) is 0 Å². The quantitative estimate of drug-likeness (QED) is 0.646. The third-order valence-corrected chi connectivity index (χ3v) is 2.84. The van der Waals surface area contributed by atoms with Crippen molar-refractivity contribution in [2.75, 3.05) is 6.54 Å². The van der Waals surface area contributed by atoms with Crippen molar-refractivity contribution in [3.8, 4) is 0 Å². The van der Waals surface area contributed by atoms with Crippen molar-refractivity contribution in [1.29, 1.82) is 0 Å². The Morgan fingerprint density at radius 2 is 2.13 bits per heavy atom. The highest BCUT2D eigenvalue weighted by atomic mass is 16.1. The van der Waals surface area contributed by atoms with Crippen LogP contribution in [-0.2, 0) is 17.9 Å². The normalized spacial score (nSPS) is 15.3. The van der Waals surface area contributed by atoms with Crippen molar-refractivity contribution < 1.29 is 4.79 Å². The van der Waals surface area contributed by atoms with Crippen molar-refractivity contribution >= 4 is 17.4 Å². The van der Waals surface area contributed by atoms with Crippen LogP contribution in [0.4, 0.5) is 0 Å². The number of fused-ring (bicyclic) bond motifs is 3. The molecule has 3 rings (SSSR count). The summed E-state index contributed by atoms with van der Waals surface area (Å²) in [6.07, 6.45) is 0.892. The SMILES string of the molecule is O=CN1CCn2c(nc3ccccc32)C1. The monoisotopic (exact) mass is 201 g/mol. The molecule has 4 nitrogen and oxygen atoms in total. The van der Waals surface area contributed by atoms with Crippen LogP contribution in [0, 0.1) is 0 Å². The van der Waals surface area contributed by atoms with Crippen LogP contribution < -0.4 is 0 Å². The molecule has 0 unspecified atom stereocenters. The Morgan fingerprint density at radius 1 is 1.27 bits per heavy atom. The van der Waals surface area contributed by atoms with E-state index in [4.69, 9.17) is 0 Å². The average Bonchev–Trinajstić information content (AvgIpc) is 2.66. The van der Waals surface area contributed by atoms with Gasteiger partial charge in [-0.1, -0.05) is 12.1 Å². The minimum Gasteiger partial charge on any atom is -0.336 e. The largest absolute Gasteiger partial charge is 0.336 e. The lowest BCUT2D eigenvalue weighted by Crippen LogP contribution is -2.32. The molecule has 0 bridgehead atoms. The van der Waals surface area contributed by atoms with Gasteiger partial charge in [-0.25, -0.2) is 4.98 Å². The lowest BCUT2D eigenvalue weighted by Gasteiger charge is -2.23. The third kappa shape index (κ3) is 1.21. The molecule has 0 fully saturated rings. The number of hydrogen-bond donors (Lipinski definition) is 0. The number of carbonyl (C=O) groups excluding carboxylic acids is 1. The lowest BCUT2D eigenvalue weighted by atomic mass is 10.3. The number of benzene rings is 1. The molecule has 0 N–H and O–H groups in total. The summed E-state index contributed by atoms with van der Waals surface area (Å²) in [7, 11) is 0. The second-order valence-corrected chi connectivity index (χ2v) is 3.74. The molecule has 1 aromatic heterocycles. The van der Waals surface area contributed by atoms with Gasteiger partial charge in [-0.05, 0) is 12.1 Å². The first-order chi connectivity index (χ1) is 7.38. The van der Waals surface area contributed by atoms with E-state index in [2.05, 4.69) is 15.6 Å². The molecular weight excluding hydrogens is 190 g/mol. The number of aromatic nitrogens is 2. The van der Waals surface area contributed by atoms with E-state index in [0.717, 1.165) is 36.4 Å². The van der Waals surface area contributed by atoms with E-state index in [1.807, 2.05) is 18.2 Å². The van der Waals surface area contributed by atoms with Crippen LogP contribution in [0.25, 0.3) is 11.0 Å². The molecular formula is C11H11N3O. The highest BCUT2D eigenvalue weighted by molar-refractivity contribution is 5.76. The summed E-state index contributed by atoms with van der Waals surface area (Å²) >= 11 is 0. The van der Waals surface area contributed by atoms with Gasteiger partial charge < -0.3 is 9.47 Å². The predicted molar refractivity (Wildman–Crippen MR) is 56.2 cm³/mol.